The van der Waals surface area contributed by atoms with Gasteiger partial charge in [0.25, 0.3) is 0 Å². The molecule has 1 aromatic carbocycles. The Bertz CT molecular complexity index is 1410. The number of Topliss-reactive ketones (excluding diaryl/α,β-unsaturated/α-hetero) is 3. The van der Waals surface area contributed by atoms with Crippen LogP contribution in [0.4, 0.5) is 0 Å². The topological polar surface area (TPSA) is 158 Å². The molecule has 0 amide bonds. The van der Waals surface area contributed by atoms with Gasteiger partial charge in [-0.15, -0.1) is 0 Å². The van der Waals surface area contributed by atoms with Crippen molar-refractivity contribution in [1.82, 2.24) is 0 Å². The van der Waals surface area contributed by atoms with Gasteiger partial charge in [0.15, 0.2) is 17.2 Å². The van der Waals surface area contributed by atoms with Crippen molar-refractivity contribution in [2.75, 3.05) is 7.11 Å². The van der Waals surface area contributed by atoms with Crippen LogP contribution in [-0.4, -0.2) is 56.5 Å². The second kappa shape index (κ2) is 8.78. The molecule has 210 valence electrons. The number of aliphatic hydroxyl groups is 3. The van der Waals surface area contributed by atoms with Crippen LogP contribution in [0.2, 0.25) is 0 Å². The molecule has 0 radical (unpaired) electrons. The maximum Gasteiger partial charge on any atom is 0.341 e. The third-order valence-corrected chi connectivity index (χ3v) is 9.07. The molecule has 1 aromatic rings. The summed E-state index contributed by atoms with van der Waals surface area (Å²) in [5.41, 5.74) is -5.43. The molecular weight excluding hydrogens is 504 g/mol. The summed E-state index contributed by atoms with van der Waals surface area (Å²) in [5, 5.41) is 46.1. The zero-order chi connectivity index (χ0) is 29.6. The quantitative estimate of drug-likeness (QED) is 0.323. The van der Waals surface area contributed by atoms with Crippen molar-refractivity contribution in [3.63, 3.8) is 0 Å². The number of ketones is 3. The molecule has 4 rings (SSSR count). The van der Waals surface area contributed by atoms with Gasteiger partial charge in [-0.3, -0.25) is 14.4 Å². The number of rotatable bonds is 4. The fourth-order valence-electron chi connectivity index (χ4n) is 7.61. The number of allylic oxidation sites excluding steroid dienone is 2. The van der Waals surface area contributed by atoms with Crippen molar-refractivity contribution in [3.8, 4) is 5.75 Å². The van der Waals surface area contributed by atoms with E-state index in [1.54, 1.807) is 27.7 Å². The second-order valence-electron chi connectivity index (χ2n) is 12.3. The number of hydrogen-bond donors (Lipinski definition) is 4. The molecule has 0 aliphatic heterocycles. The first-order valence-electron chi connectivity index (χ1n) is 13.1. The Kier molecular flexibility index (Phi) is 6.42. The summed E-state index contributed by atoms with van der Waals surface area (Å²) in [6.45, 7) is 11.7. The number of carbonyl (C=O) groups is 4. The number of hydrogen-bond acceptors (Lipinski definition) is 9. The summed E-state index contributed by atoms with van der Waals surface area (Å²) in [6, 6.07) is 1.51. The fraction of sp³-hybridized carbons (Fsp3) is 0.533. The number of benzene rings is 1. The van der Waals surface area contributed by atoms with Crippen LogP contribution in [0.15, 0.2) is 28.7 Å². The third kappa shape index (κ3) is 3.48. The highest BCUT2D eigenvalue weighted by atomic mass is 16.5. The van der Waals surface area contributed by atoms with Gasteiger partial charge in [-0.1, -0.05) is 41.5 Å². The molecule has 0 spiro atoms. The number of esters is 1. The van der Waals surface area contributed by atoms with E-state index in [4.69, 9.17) is 4.74 Å². The largest absolute Gasteiger partial charge is 0.511 e. The van der Waals surface area contributed by atoms with Gasteiger partial charge in [0.05, 0.1) is 12.7 Å². The first kappa shape index (κ1) is 28.5. The number of aliphatic hydroxyl groups excluding tert-OH is 2. The first-order valence-corrected chi connectivity index (χ1v) is 13.1. The molecule has 0 fully saturated rings. The van der Waals surface area contributed by atoms with Gasteiger partial charge in [-0.25, -0.2) is 4.79 Å². The van der Waals surface area contributed by atoms with Crippen LogP contribution in [0.25, 0.3) is 0 Å². The summed E-state index contributed by atoms with van der Waals surface area (Å²) in [6.07, 6.45) is 0.146. The van der Waals surface area contributed by atoms with Crippen molar-refractivity contribution >= 4 is 23.3 Å². The average molecular weight is 541 g/mol. The molecule has 0 aromatic heterocycles. The Labute approximate surface area is 227 Å². The smallest absolute Gasteiger partial charge is 0.341 e. The highest BCUT2D eigenvalue weighted by Gasteiger charge is 2.71. The number of methoxy groups -OCH3 is 1. The number of phenols is 1. The van der Waals surface area contributed by atoms with Gasteiger partial charge in [0.2, 0.25) is 5.78 Å². The highest BCUT2D eigenvalue weighted by molar-refractivity contribution is 6.25. The van der Waals surface area contributed by atoms with Crippen LogP contribution in [0.1, 0.15) is 92.6 Å². The highest BCUT2D eigenvalue weighted by Crippen LogP contribution is 2.65. The van der Waals surface area contributed by atoms with Crippen molar-refractivity contribution in [1.29, 1.82) is 0 Å². The minimum atomic E-state index is -2.69. The first-order chi connectivity index (χ1) is 17.9. The lowest BCUT2D eigenvalue weighted by atomic mass is 9.44. The molecule has 39 heavy (non-hydrogen) atoms. The number of carbonyl (C=O) groups excluding carboxylic acids is 4. The molecular formula is C30H36O9. The molecule has 4 N–H and O–H groups in total. The van der Waals surface area contributed by atoms with Gasteiger partial charge in [-0.05, 0) is 48.8 Å². The summed E-state index contributed by atoms with van der Waals surface area (Å²) in [5.74, 6) is -6.95. The molecule has 0 bridgehead atoms. The van der Waals surface area contributed by atoms with Gasteiger partial charge < -0.3 is 25.2 Å². The standard InChI is InChI=1S/C30H36O9/c1-12(2)15-9-16(27(37)39-8)22(32)19-17(15)10-28(6)11-29(7)20(13(3)4)23(33)18(14(5)31)25(35)30(29,38)26(36)21(28)24(19)34/h9,12-13,20,32-33,36,38H,10-11H2,1-8H3/t20?,28-,29-,30+/m1/s1. The Morgan fingerprint density at radius 1 is 1.08 bits per heavy atom. The van der Waals surface area contributed by atoms with Crippen molar-refractivity contribution in [2.24, 2.45) is 22.7 Å². The summed E-state index contributed by atoms with van der Waals surface area (Å²) < 4.78 is 4.80. The van der Waals surface area contributed by atoms with Crippen LogP contribution >= 0.6 is 0 Å². The Morgan fingerprint density at radius 3 is 2.15 bits per heavy atom. The number of aromatic hydroxyl groups is 1. The van der Waals surface area contributed by atoms with E-state index in [2.05, 4.69) is 0 Å². The van der Waals surface area contributed by atoms with Crippen LogP contribution in [0.3, 0.4) is 0 Å². The Morgan fingerprint density at radius 2 is 1.67 bits per heavy atom. The summed E-state index contributed by atoms with van der Waals surface area (Å²) >= 11 is 0. The lowest BCUT2D eigenvalue weighted by molar-refractivity contribution is -0.171. The van der Waals surface area contributed by atoms with E-state index in [0.717, 1.165) is 14.0 Å². The molecule has 0 heterocycles. The zero-order valence-electron chi connectivity index (χ0n) is 23.6. The Hall–Kier alpha value is -3.46. The van der Waals surface area contributed by atoms with Crippen LogP contribution in [0, 0.1) is 22.7 Å². The monoisotopic (exact) mass is 540 g/mol. The normalized spacial score (nSPS) is 30.4. The SMILES string of the molecule is COC(=O)c1cc(C(C)C)c2c(c1O)C(=O)C1=C(O)[C@@]3(O)C(=O)C(C(C)=O)=C(O)C(C(C)C)[C@@]3(C)C[C@@]1(C)C2. The predicted molar refractivity (Wildman–Crippen MR) is 141 cm³/mol. The number of ether oxygens (including phenoxy) is 1. The molecule has 3 aliphatic rings. The van der Waals surface area contributed by atoms with Gasteiger partial charge in [-0.2, -0.15) is 0 Å². The number of fused-ring (bicyclic) bond motifs is 3. The average Bonchev–Trinajstić information content (AvgIpc) is 2.80. The second-order valence-corrected chi connectivity index (χ2v) is 12.3. The van der Waals surface area contributed by atoms with Crippen molar-refractivity contribution in [3.05, 3.63) is 51.0 Å². The fourth-order valence-corrected chi connectivity index (χ4v) is 7.61. The van der Waals surface area contributed by atoms with Crippen molar-refractivity contribution < 1.29 is 44.3 Å². The van der Waals surface area contributed by atoms with Crippen LogP contribution in [-0.2, 0) is 20.7 Å². The zero-order valence-corrected chi connectivity index (χ0v) is 23.6. The van der Waals surface area contributed by atoms with E-state index in [1.807, 2.05) is 13.8 Å². The van der Waals surface area contributed by atoms with E-state index < -0.39 is 68.5 Å². The van der Waals surface area contributed by atoms with E-state index >= 15 is 0 Å². The molecule has 9 heteroatoms. The lowest BCUT2D eigenvalue weighted by Crippen LogP contribution is -2.67. The maximum atomic E-state index is 14.2. The molecule has 3 aliphatic carbocycles. The minimum absolute atomic E-state index is 0.00194. The number of phenolic OH excluding ortho intramolecular Hbond substituents is 1. The molecule has 9 nitrogen and oxygen atoms in total. The maximum absolute atomic E-state index is 14.2. The Balaban J connectivity index is 2.11. The summed E-state index contributed by atoms with van der Waals surface area (Å²) in [4.78, 5) is 52.8. The van der Waals surface area contributed by atoms with Crippen molar-refractivity contribution in [2.45, 2.75) is 72.8 Å². The molecule has 0 saturated heterocycles. The van der Waals surface area contributed by atoms with Crippen LogP contribution < -0.4 is 0 Å². The van der Waals surface area contributed by atoms with Gasteiger partial charge >= 0.3 is 5.97 Å². The van der Waals surface area contributed by atoms with E-state index in [9.17, 15) is 39.6 Å². The summed E-state index contributed by atoms with van der Waals surface area (Å²) in [7, 11) is 1.15. The van der Waals surface area contributed by atoms with E-state index in [-0.39, 0.29) is 41.4 Å². The third-order valence-electron chi connectivity index (χ3n) is 9.07. The molecule has 1 unspecified atom stereocenters. The lowest BCUT2D eigenvalue weighted by Gasteiger charge is -2.59. The predicted octanol–water partition coefficient (Wildman–Crippen LogP) is 4.26. The van der Waals surface area contributed by atoms with Gasteiger partial charge in [0.1, 0.15) is 28.4 Å². The van der Waals surface area contributed by atoms with E-state index in [1.165, 1.54) is 6.07 Å². The molecule has 0 saturated carbocycles. The minimum Gasteiger partial charge on any atom is -0.511 e. The van der Waals surface area contributed by atoms with E-state index in [0.29, 0.717) is 11.1 Å². The van der Waals surface area contributed by atoms with Gasteiger partial charge in [0, 0.05) is 22.3 Å². The van der Waals surface area contributed by atoms with Crippen LogP contribution in [0.5, 0.6) is 5.75 Å². The molecule has 4 atom stereocenters.